The van der Waals surface area contributed by atoms with E-state index in [2.05, 4.69) is 35.5 Å². The van der Waals surface area contributed by atoms with Crippen LogP contribution in [0.3, 0.4) is 0 Å². The molecule has 1 aliphatic heterocycles. The zero-order valence-electron chi connectivity index (χ0n) is 27.4. The maximum atomic E-state index is 11.7. The summed E-state index contributed by atoms with van der Waals surface area (Å²) in [6.07, 6.45) is 17.7. The summed E-state index contributed by atoms with van der Waals surface area (Å²) in [6, 6.07) is 0. The highest BCUT2D eigenvalue weighted by Crippen LogP contribution is 2.08. The summed E-state index contributed by atoms with van der Waals surface area (Å²) in [5.74, 6) is -1.42. The Bertz CT molecular complexity index is 1080. The maximum Gasteiger partial charge on any atom is 0.317 e. The summed E-state index contributed by atoms with van der Waals surface area (Å²) in [7, 11) is 0. The summed E-state index contributed by atoms with van der Waals surface area (Å²) in [5, 5.41) is 26.6. The van der Waals surface area contributed by atoms with E-state index in [1.807, 2.05) is 73.1 Å². The summed E-state index contributed by atoms with van der Waals surface area (Å²) in [6.45, 7) is 16.0. The number of carboxylic acids is 2. The van der Waals surface area contributed by atoms with Crippen LogP contribution in [0.2, 0.25) is 0 Å². The summed E-state index contributed by atoms with van der Waals surface area (Å²) in [5.41, 5.74) is 6.13. The average molecular weight is 611 g/mol. The minimum absolute atomic E-state index is 0.0467. The lowest BCUT2D eigenvalue weighted by atomic mass is 10.1. The SMILES string of the molecule is C/C=C\C=C=C(CN1CCN(CC(=O)O)CCN(C/C=C/C(=C\CC=N)/C=C/C)CCN(CC(=O)O)CC1)N=C(C)C(C)C. The summed E-state index contributed by atoms with van der Waals surface area (Å²) in [4.78, 5) is 36.7. The normalized spacial score (nSPS) is 18.0. The van der Waals surface area contributed by atoms with E-state index in [1.54, 1.807) is 0 Å². The predicted molar refractivity (Wildman–Crippen MR) is 181 cm³/mol. The number of nitrogens with zero attached hydrogens (tertiary/aromatic N) is 5. The Morgan fingerprint density at radius 2 is 1.36 bits per heavy atom. The molecule has 1 heterocycles. The van der Waals surface area contributed by atoms with Crippen molar-refractivity contribution in [2.75, 3.05) is 78.5 Å². The molecule has 1 aliphatic rings. The van der Waals surface area contributed by atoms with Crippen LogP contribution in [0.1, 0.15) is 41.0 Å². The fraction of sp³-hybridized carbons (Fsp3) is 0.559. The minimum Gasteiger partial charge on any atom is -0.480 e. The van der Waals surface area contributed by atoms with Gasteiger partial charge in [0.1, 0.15) is 0 Å². The van der Waals surface area contributed by atoms with Crippen LogP contribution < -0.4 is 0 Å². The average Bonchev–Trinajstić information content (AvgIpc) is 2.96. The molecule has 44 heavy (non-hydrogen) atoms. The molecular formula is C34H54N6O4. The lowest BCUT2D eigenvalue weighted by molar-refractivity contribution is -0.139. The zero-order chi connectivity index (χ0) is 32.7. The van der Waals surface area contributed by atoms with Gasteiger partial charge in [-0.05, 0) is 44.6 Å². The van der Waals surface area contributed by atoms with E-state index in [1.165, 1.54) is 6.21 Å². The third-order valence-electron chi connectivity index (χ3n) is 7.21. The van der Waals surface area contributed by atoms with Gasteiger partial charge in [-0.25, -0.2) is 0 Å². The van der Waals surface area contributed by atoms with Gasteiger partial charge in [-0.1, -0.05) is 62.1 Å². The van der Waals surface area contributed by atoms with Crippen LogP contribution in [0.5, 0.6) is 0 Å². The molecule has 0 aromatic rings. The van der Waals surface area contributed by atoms with Gasteiger partial charge in [0.15, 0.2) is 0 Å². The number of aliphatic carboxylic acids is 2. The molecule has 0 unspecified atom stereocenters. The van der Waals surface area contributed by atoms with Crippen molar-refractivity contribution in [3.63, 3.8) is 0 Å². The number of aliphatic imine (C=N–C) groups is 1. The van der Waals surface area contributed by atoms with Crippen molar-refractivity contribution in [3.8, 4) is 0 Å². The summed E-state index contributed by atoms with van der Waals surface area (Å²) >= 11 is 0. The molecule has 0 atom stereocenters. The molecule has 0 spiro atoms. The highest BCUT2D eigenvalue weighted by atomic mass is 16.4. The van der Waals surface area contributed by atoms with E-state index in [-0.39, 0.29) is 13.1 Å². The monoisotopic (exact) mass is 610 g/mol. The van der Waals surface area contributed by atoms with E-state index in [9.17, 15) is 19.8 Å². The molecule has 1 saturated heterocycles. The van der Waals surface area contributed by atoms with Crippen LogP contribution in [-0.4, -0.2) is 132 Å². The first-order valence-corrected chi connectivity index (χ1v) is 15.5. The Hall–Kier alpha value is -3.40. The van der Waals surface area contributed by atoms with Crippen molar-refractivity contribution >= 4 is 23.9 Å². The molecule has 0 saturated carbocycles. The van der Waals surface area contributed by atoms with Crippen molar-refractivity contribution in [1.29, 1.82) is 5.41 Å². The third kappa shape index (κ3) is 18.3. The second kappa shape index (κ2) is 23.0. The van der Waals surface area contributed by atoms with Gasteiger partial charge in [-0.15, -0.1) is 0 Å². The molecule has 0 aromatic heterocycles. The first-order valence-electron chi connectivity index (χ1n) is 15.5. The predicted octanol–water partition coefficient (Wildman–Crippen LogP) is 4.21. The Morgan fingerprint density at radius 3 is 1.82 bits per heavy atom. The van der Waals surface area contributed by atoms with Crippen molar-refractivity contribution in [3.05, 3.63) is 65.6 Å². The molecule has 0 radical (unpaired) electrons. The van der Waals surface area contributed by atoms with Gasteiger partial charge in [0, 0.05) is 77.6 Å². The van der Waals surface area contributed by atoms with Gasteiger partial charge >= 0.3 is 11.9 Å². The number of nitrogens with one attached hydrogen (secondary N) is 1. The minimum atomic E-state index is -0.859. The van der Waals surface area contributed by atoms with E-state index in [0.29, 0.717) is 77.8 Å². The molecule has 10 heteroatoms. The topological polar surface area (TPSA) is 124 Å². The van der Waals surface area contributed by atoms with Gasteiger partial charge in [0.2, 0.25) is 0 Å². The van der Waals surface area contributed by atoms with E-state index < -0.39 is 11.9 Å². The van der Waals surface area contributed by atoms with Crippen LogP contribution in [0, 0.1) is 11.3 Å². The van der Waals surface area contributed by atoms with E-state index >= 15 is 0 Å². The fourth-order valence-electron chi connectivity index (χ4n) is 4.44. The second-order valence-corrected chi connectivity index (χ2v) is 11.2. The zero-order valence-corrected chi connectivity index (χ0v) is 27.4. The molecule has 0 aliphatic carbocycles. The van der Waals surface area contributed by atoms with Gasteiger partial charge in [-0.2, -0.15) is 0 Å². The number of hydrogen-bond acceptors (Lipinski definition) is 8. The number of rotatable bonds is 15. The highest BCUT2D eigenvalue weighted by molar-refractivity contribution is 5.84. The van der Waals surface area contributed by atoms with Crippen molar-refractivity contribution in [2.24, 2.45) is 10.9 Å². The van der Waals surface area contributed by atoms with Crippen molar-refractivity contribution in [2.45, 2.75) is 41.0 Å². The van der Waals surface area contributed by atoms with Gasteiger partial charge < -0.3 is 15.6 Å². The second-order valence-electron chi connectivity index (χ2n) is 11.2. The molecule has 244 valence electrons. The molecule has 1 rings (SSSR count). The number of carbonyl (C=O) groups is 2. The van der Waals surface area contributed by atoms with Crippen LogP contribution in [0.15, 0.2) is 70.6 Å². The largest absolute Gasteiger partial charge is 0.480 e. The van der Waals surface area contributed by atoms with Gasteiger partial charge in [-0.3, -0.25) is 34.2 Å². The van der Waals surface area contributed by atoms with E-state index in [4.69, 9.17) is 10.4 Å². The quantitative estimate of drug-likeness (QED) is 0.143. The lowest BCUT2D eigenvalue weighted by Crippen LogP contribution is -2.48. The Balaban J connectivity index is 3.26. The van der Waals surface area contributed by atoms with E-state index in [0.717, 1.165) is 17.0 Å². The van der Waals surface area contributed by atoms with Gasteiger partial charge in [0.05, 0.1) is 18.8 Å². The van der Waals surface area contributed by atoms with Crippen LogP contribution in [-0.2, 0) is 9.59 Å². The first kappa shape index (κ1) is 38.6. The molecule has 0 bridgehead atoms. The van der Waals surface area contributed by atoms with Gasteiger partial charge in [0.25, 0.3) is 0 Å². The highest BCUT2D eigenvalue weighted by Gasteiger charge is 2.19. The molecule has 0 aromatic carbocycles. The molecule has 10 nitrogen and oxygen atoms in total. The number of hydrogen-bond donors (Lipinski definition) is 3. The molecule has 1 fully saturated rings. The number of allylic oxidation sites excluding steroid dienone is 7. The third-order valence-corrected chi connectivity index (χ3v) is 7.21. The maximum absolute atomic E-state index is 11.7. The fourth-order valence-corrected chi connectivity index (χ4v) is 4.44. The molecular weight excluding hydrogens is 556 g/mol. The van der Waals surface area contributed by atoms with Crippen LogP contribution >= 0.6 is 0 Å². The summed E-state index contributed by atoms with van der Waals surface area (Å²) < 4.78 is 0. The molecule has 3 N–H and O–H groups in total. The Labute approximate surface area is 264 Å². The lowest BCUT2D eigenvalue weighted by Gasteiger charge is -2.33. The Morgan fingerprint density at radius 1 is 0.841 bits per heavy atom. The van der Waals surface area contributed by atoms with Crippen LogP contribution in [0.4, 0.5) is 0 Å². The van der Waals surface area contributed by atoms with Crippen molar-refractivity contribution < 1.29 is 19.8 Å². The smallest absolute Gasteiger partial charge is 0.317 e. The molecule has 0 amide bonds. The first-order chi connectivity index (χ1) is 21.1. The Kier molecular flexibility index (Phi) is 20.2. The van der Waals surface area contributed by atoms with Crippen molar-refractivity contribution in [1.82, 2.24) is 19.6 Å². The van der Waals surface area contributed by atoms with Crippen LogP contribution in [0.25, 0.3) is 0 Å². The number of carboxylic acid groups (broad SMARTS) is 2. The standard InChI is InChI=1S/C34H54N6O4/c1-6-8-9-15-32(36-30(5)29(3)4)26-38-22-24-39(27-33(41)42)20-18-37(19-21-40(25-23-38)28-34(43)44)17-11-14-31(12-7-2)13-10-16-35/h6-9,11-14,16,29,35H,10,17-28H2,1-5H3,(H,41,42)(H,43,44)/b8-6-,12-7+,14-11+,31-13-,35-16?,36-30?.